The second-order valence-corrected chi connectivity index (χ2v) is 12.7. The summed E-state index contributed by atoms with van der Waals surface area (Å²) in [4.78, 5) is 49.2. The van der Waals surface area contributed by atoms with Gasteiger partial charge in [-0.25, -0.2) is 19.2 Å². The zero-order valence-corrected chi connectivity index (χ0v) is 29.1. The molecule has 0 aliphatic heterocycles. The number of fused-ring (bicyclic) bond motifs is 1. The lowest BCUT2D eigenvalue weighted by Crippen LogP contribution is -2.35. The summed E-state index contributed by atoms with van der Waals surface area (Å²) in [5, 5.41) is 1.58. The fraction of sp³-hybridized carbons (Fsp3) is 0.436. The van der Waals surface area contributed by atoms with E-state index in [1.165, 1.54) is 24.3 Å². The van der Waals surface area contributed by atoms with Crippen LogP contribution in [-0.2, 0) is 28.5 Å². The van der Waals surface area contributed by atoms with Crippen LogP contribution >= 0.6 is 0 Å². The Morgan fingerprint density at radius 1 is 0.720 bits per heavy atom. The third-order valence-electron chi connectivity index (χ3n) is 8.40. The highest BCUT2D eigenvalue weighted by Crippen LogP contribution is 2.36. The van der Waals surface area contributed by atoms with Crippen molar-refractivity contribution in [3.8, 4) is 11.5 Å². The van der Waals surface area contributed by atoms with Crippen LogP contribution in [0.15, 0.2) is 72.8 Å². The maximum Gasteiger partial charge on any atom is 0.513 e. The second kappa shape index (κ2) is 18.9. The normalized spacial score (nSPS) is 17.2. The molecule has 11 nitrogen and oxygen atoms in total. The molecule has 3 aromatic carbocycles. The number of benzene rings is 3. The van der Waals surface area contributed by atoms with E-state index in [0.717, 1.165) is 30.0 Å². The highest BCUT2D eigenvalue weighted by atomic mass is 16.7. The molecule has 1 aliphatic rings. The fourth-order valence-corrected chi connectivity index (χ4v) is 5.65. The number of hydrogen-bond acceptors (Lipinski definition) is 11. The molecule has 0 N–H and O–H groups in total. The van der Waals surface area contributed by atoms with Crippen molar-refractivity contribution < 1.29 is 52.3 Å². The highest BCUT2D eigenvalue weighted by molar-refractivity contribution is 5.99. The highest BCUT2D eigenvalue weighted by Gasteiger charge is 2.33. The summed E-state index contributed by atoms with van der Waals surface area (Å²) < 4.78 is 37.2. The van der Waals surface area contributed by atoms with E-state index in [4.69, 9.17) is 33.2 Å². The number of carbonyl (C=O) groups is 4. The van der Waals surface area contributed by atoms with Gasteiger partial charge in [0.2, 0.25) is 0 Å². The van der Waals surface area contributed by atoms with Gasteiger partial charge in [-0.15, -0.1) is 0 Å². The van der Waals surface area contributed by atoms with Crippen LogP contribution in [0.1, 0.15) is 67.7 Å². The molecule has 0 radical (unpaired) electrons. The van der Waals surface area contributed by atoms with E-state index in [-0.39, 0.29) is 63.2 Å². The van der Waals surface area contributed by atoms with Crippen LogP contribution in [0.3, 0.4) is 0 Å². The van der Waals surface area contributed by atoms with Crippen LogP contribution in [0.5, 0.6) is 11.5 Å². The lowest BCUT2D eigenvalue weighted by molar-refractivity contribution is -0.140. The zero-order valence-electron chi connectivity index (χ0n) is 29.1. The van der Waals surface area contributed by atoms with Crippen molar-refractivity contribution in [1.29, 1.82) is 0 Å². The summed E-state index contributed by atoms with van der Waals surface area (Å²) in [6.07, 6.45) is 2.11. The summed E-state index contributed by atoms with van der Waals surface area (Å²) in [5.41, 5.74) is 1.14. The molecule has 4 rings (SSSR count). The Bertz CT molecular complexity index is 1630. The topological polar surface area (TPSA) is 133 Å². The van der Waals surface area contributed by atoms with E-state index < -0.39 is 18.1 Å². The van der Waals surface area contributed by atoms with Gasteiger partial charge in [0.25, 0.3) is 0 Å². The largest absolute Gasteiger partial charge is 0.513 e. The van der Waals surface area contributed by atoms with Crippen molar-refractivity contribution >= 4 is 34.8 Å². The lowest BCUT2D eigenvalue weighted by Gasteiger charge is -2.36. The van der Waals surface area contributed by atoms with Gasteiger partial charge in [-0.1, -0.05) is 45.9 Å². The molecule has 3 aromatic rings. The van der Waals surface area contributed by atoms with Crippen LogP contribution in [0, 0.1) is 17.8 Å². The Morgan fingerprint density at radius 2 is 1.26 bits per heavy atom. The summed E-state index contributed by atoms with van der Waals surface area (Å²) in [6, 6.07) is 16.4. The molecule has 1 saturated carbocycles. The molecule has 0 heterocycles. The Labute approximate surface area is 292 Å². The van der Waals surface area contributed by atoms with Gasteiger partial charge >= 0.3 is 24.1 Å². The van der Waals surface area contributed by atoms with E-state index in [9.17, 15) is 19.2 Å². The molecule has 1 aliphatic carbocycles. The third kappa shape index (κ3) is 11.7. The minimum atomic E-state index is -0.912. The Morgan fingerprint density at radius 3 is 1.84 bits per heavy atom. The maximum atomic E-state index is 13.1. The van der Waals surface area contributed by atoms with Crippen LogP contribution in [-0.4, -0.2) is 69.8 Å². The molecule has 3 atom stereocenters. The monoisotopic (exact) mass is 690 g/mol. The minimum absolute atomic E-state index is 0.0273. The Hall–Kier alpha value is -4.74. The summed E-state index contributed by atoms with van der Waals surface area (Å²) in [7, 11) is 0. The molecule has 0 amide bonds. The first-order chi connectivity index (χ1) is 24.0. The van der Waals surface area contributed by atoms with Gasteiger partial charge in [-0.2, -0.15) is 0 Å². The number of hydrogen-bond donors (Lipinski definition) is 0. The average Bonchev–Trinajstić information content (AvgIpc) is 3.09. The van der Waals surface area contributed by atoms with Crippen LogP contribution in [0.25, 0.3) is 10.8 Å². The van der Waals surface area contributed by atoms with E-state index in [1.54, 1.807) is 43.3 Å². The van der Waals surface area contributed by atoms with Crippen LogP contribution in [0.4, 0.5) is 4.79 Å². The predicted octanol–water partition coefficient (Wildman–Crippen LogP) is 7.34. The molecule has 0 saturated heterocycles. The van der Waals surface area contributed by atoms with E-state index in [1.807, 2.05) is 0 Å². The Kier molecular flexibility index (Phi) is 14.4. The molecule has 50 heavy (non-hydrogen) atoms. The zero-order chi connectivity index (χ0) is 36.0. The Balaban J connectivity index is 1.17. The smallest absolute Gasteiger partial charge is 0.460 e. The number of esters is 3. The summed E-state index contributed by atoms with van der Waals surface area (Å²) in [6.45, 7) is 12.6. The molecule has 11 heteroatoms. The van der Waals surface area contributed by atoms with E-state index in [0.29, 0.717) is 34.5 Å². The molecule has 268 valence electrons. The quantitative estimate of drug-likeness (QED) is 0.0373. The average molecular weight is 691 g/mol. The minimum Gasteiger partial charge on any atom is -0.460 e. The number of ether oxygens (including phenoxy) is 7. The van der Waals surface area contributed by atoms with Gasteiger partial charge < -0.3 is 33.2 Å². The first-order valence-corrected chi connectivity index (χ1v) is 16.9. The molecule has 0 bridgehead atoms. The maximum absolute atomic E-state index is 13.1. The van der Waals surface area contributed by atoms with Crippen molar-refractivity contribution in [1.82, 2.24) is 0 Å². The van der Waals surface area contributed by atoms with Crippen molar-refractivity contribution in [2.24, 2.45) is 17.8 Å². The van der Waals surface area contributed by atoms with Gasteiger partial charge in [-0.3, -0.25) is 0 Å². The summed E-state index contributed by atoms with van der Waals surface area (Å²) >= 11 is 0. The van der Waals surface area contributed by atoms with Gasteiger partial charge in [0, 0.05) is 5.57 Å². The van der Waals surface area contributed by atoms with Crippen LogP contribution in [0.2, 0.25) is 0 Å². The molecular weight excluding hydrogens is 644 g/mol. The third-order valence-corrected chi connectivity index (χ3v) is 8.40. The number of carbonyl (C=O) groups excluding carboxylic acids is 4. The van der Waals surface area contributed by atoms with Crippen LogP contribution < -0.4 is 9.47 Å². The fourth-order valence-electron chi connectivity index (χ4n) is 5.65. The van der Waals surface area contributed by atoms with Crippen molar-refractivity contribution in [2.45, 2.75) is 53.1 Å². The molecular formula is C39H46O11. The van der Waals surface area contributed by atoms with Crippen molar-refractivity contribution in [3.63, 3.8) is 0 Å². The lowest BCUT2D eigenvalue weighted by atomic mass is 9.75. The number of rotatable bonds is 16. The molecule has 0 spiro atoms. The standard InChI is InChI=1S/C39H46O11/c1-25(2)34-15-6-27(5)22-35(34)50-38(42)31-10-8-28-23-30(9-7-29(28)24-31)37(41)48-32-11-13-33(14-12-32)49-39(43)47-21-19-45-17-16-44-18-20-46-36(40)26(3)4/h7-14,23-25,27,34-35H,3,6,15-22H2,1-2,4-5H3. The summed E-state index contributed by atoms with van der Waals surface area (Å²) in [5.74, 6) is 0.440. The molecule has 1 fully saturated rings. The second-order valence-electron chi connectivity index (χ2n) is 12.7. The first kappa shape index (κ1) is 38.1. The van der Waals surface area contributed by atoms with Crippen molar-refractivity contribution in [3.05, 3.63) is 83.9 Å². The van der Waals surface area contributed by atoms with Gasteiger partial charge in [0.05, 0.1) is 37.6 Å². The van der Waals surface area contributed by atoms with E-state index >= 15 is 0 Å². The molecule has 3 unspecified atom stereocenters. The van der Waals surface area contributed by atoms with Gasteiger partial charge in [0.15, 0.2) is 0 Å². The van der Waals surface area contributed by atoms with E-state index in [2.05, 4.69) is 27.4 Å². The SMILES string of the molecule is C=C(C)C(=O)OCCOCCOCCOC(=O)Oc1ccc(OC(=O)c2ccc3cc(C(=O)OC4CC(C)CCC4C(C)C)ccc3c2)cc1. The predicted molar refractivity (Wildman–Crippen MR) is 185 cm³/mol. The van der Waals surface area contributed by atoms with Crippen molar-refractivity contribution in [2.75, 3.05) is 39.6 Å². The molecule has 0 aromatic heterocycles. The van der Waals surface area contributed by atoms with Gasteiger partial charge in [-0.05, 0) is 96.8 Å². The van der Waals surface area contributed by atoms with Gasteiger partial charge in [0.1, 0.15) is 30.8 Å². The first-order valence-electron chi connectivity index (χ1n) is 16.9.